The summed E-state index contributed by atoms with van der Waals surface area (Å²) in [6.45, 7) is 4.17. The van der Waals surface area contributed by atoms with E-state index in [1.54, 1.807) is 11.8 Å². The lowest BCUT2D eigenvalue weighted by Gasteiger charge is -2.36. The molecule has 0 fully saturated rings. The van der Waals surface area contributed by atoms with E-state index in [-0.39, 0.29) is 32.0 Å². The third kappa shape index (κ3) is 6.10. The average Bonchev–Trinajstić information content (AvgIpc) is 3.41. The van der Waals surface area contributed by atoms with Gasteiger partial charge in [0.15, 0.2) is 5.60 Å². The highest BCUT2D eigenvalue weighted by Gasteiger charge is 2.44. The molecule has 0 saturated carbocycles. The van der Waals surface area contributed by atoms with Crippen molar-refractivity contribution in [3.05, 3.63) is 125 Å². The van der Waals surface area contributed by atoms with Gasteiger partial charge < -0.3 is 25.0 Å². The summed E-state index contributed by atoms with van der Waals surface area (Å²) >= 11 is 0. The van der Waals surface area contributed by atoms with Crippen molar-refractivity contribution >= 4 is 5.91 Å². The molecule has 0 saturated heterocycles. The van der Waals surface area contributed by atoms with Gasteiger partial charge in [-0.2, -0.15) is 0 Å². The van der Waals surface area contributed by atoms with Gasteiger partial charge in [0.25, 0.3) is 5.91 Å². The third-order valence-electron chi connectivity index (χ3n) is 7.77. The summed E-state index contributed by atoms with van der Waals surface area (Å²) < 4.78 is 35.9. The number of aromatic nitrogens is 1. The van der Waals surface area contributed by atoms with E-state index in [1.165, 1.54) is 12.1 Å². The third-order valence-corrected chi connectivity index (χ3v) is 7.77. The Labute approximate surface area is 239 Å². The van der Waals surface area contributed by atoms with Gasteiger partial charge in [-0.15, -0.1) is 0 Å². The summed E-state index contributed by atoms with van der Waals surface area (Å²) in [4.78, 5) is 16.1. The van der Waals surface area contributed by atoms with Crippen molar-refractivity contribution in [2.75, 3.05) is 6.54 Å². The molecule has 41 heavy (non-hydrogen) atoms. The van der Waals surface area contributed by atoms with Crippen LogP contribution in [0.5, 0.6) is 0 Å². The highest BCUT2D eigenvalue weighted by molar-refractivity contribution is 5.86. The first-order chi connectivity index (χ1) is 19.7. The predicted octanol–water partition coefficient (Wildman–Crippen LogP) is 5.02. The van der Waals surface area contributed by atoms with Gasteiger partial charge in [-0.25, -0.2) is 8.78 Å². The number of amides is 1. The second-order valence-corrected chi connectivity index (χ2v) is 10.8. The molecule has 2 heterocycles. The van der Waals surface area contributed by atoms with Gasteiger partial charge in [0.1, 0.15) is 11.6 Å². The number of aliphatic hydroxyl groups excluding tert-OH is 1. The SMILES string of the molecule is CCc1cccc(CN(C[C@@H](O)[C@@H](N)Cc2cc(F)cc(F)c2)C(=O)C2(C)OCc3ccccc3-n3cccc32)c1. The van der Waals surface area contributed by atoms with Gasteiger partial charge in [-0.1, -0.05) is 49.4 Å². The minimum atomic E-state index is -1.36. The Morgan fingerprint density at radius 2 is 1.76 bits per heavy atom. The zero-order chi connectivity index (χ0) is 29.1. The molecule has 8 heteroatoms. The molecule has 1 aliphatic rings. The normalized spacial score (nSPS) is 17.7. The van der Waals surface area contributed by atoms with Crippen molar-refractivity contribution in [1.29, 1.82) is 0 Å². The molecule has 214 valence electrons. The first-order valence-corrected chi connectivity index (χ1v) is 13.8. The van der Waals surface area contributed by atoms with E-state index in [0.717, 1.165) is 34.9 Å². The number of fused-ring (bicyclic) bond motifs is 3. The number of carbonyl (C=O) groups excluding carboxylic acids is 1. The van der Waals surface area contributed by atoms with Gasteiger partial charge in [0, 0.05) is 37.0 Å². The van der Waals surface area contributed by atoms with Crippen LogP contribution in [0, 0.1) is 11.6 Å². The molecule has 6 nitrogen and oxygen atoms in total. The molecule has 3 atom stereocenters. The van der Waals surface area contributed by atoms with E-state index < -0.39 is 29.4 Å². The van der Waals surface area contributed by atoms with Crippen molar-refractivity contribution in [3.63, 3.8) is 0 Å². The number of nitrogens with two attached hydrogens (primary N) is 1. The van der Waals surface area contributed by atoms with Gasteiger partial charge in [-0.05, 0) is 66.8 Å². The number of hydrogen-bond donors (Lipinski definition) is 2. The Hall–Kier alpha value is -3.85. The monoisotopic (exact) mass is 559 g/mol. The van der Waals surface area contributed by atoms with Gasteiger partial charge in [-0.3, -0.25) is 4.79 Å². The quantitative estimate of drug-likeness (QED) is 0.302. The zero-order valence-electron chi connectivity index (χ0n) is 23.3. The first-order valence-electron chi connectivity index (χ1n) is 13.8. The Balaban J connectivity index is 1.46. The van der Waals surface area contributed by atoms with E-state index in [4.69, 9.17) is 10.5 Å². The molecular formula is C33H35F2N3O3. The van der Waals surface area contributed by atoms with Crippen LogP contribution in [0.3, 0.4) is 0 Å². The molecule has 1 aliphatic heterocycles. The fourth-order valence-electron chi connectivity index (χ4n) is 5.50. The molecule has 1 aromatic heterocycles. The van der Waals surface area contributed by atoms with Gasteiger partial charge >= 0.3 is 0 Å². The first kappa shape index (κ1) is 28.7. The van der Waals surface area contributed by atoms with E-state index in [1.807, 2.05) is 71.4 Å². The Morgan fingerprint density at radius 3 is 2.51 bits per heavy atom. The summed E-state index contributed by atoms with van der Waals surface area (Å²) in [6.07, 6.45) is 1.62. The molecule has 3 N–H and O–H groups in total. The van der Waals surface area contributed by atoms with Crippen LogP contribution in [0.25, 0.3) is 5.69 Å². The van der Waals surface area contributed by atoms with Crippen molar-refractivity contribution < 1.29 is 23.4 Å². The molecule has 1 unspecified atom stereocenters. The van der Waals surface area contributed by atoms with E-state index in [9.17, 15) is 18.7 Å². The van der Waals surface area contributed by atoms with Crippen molar-refractivity contribution in [2.24, 2.45) is 5.73 Å². The summed E-state index contributed by atoms with van der Waals surface area (Å²) in [5.41, 5.74) is 9.89. The zero-order valence-corrected chi connectivity index (χ0v) is 23.3. The lowest BCUT2D eigenvalue weighted by Crippen LogP contribution is -2.52. The number of carbonyl (C=O) groups is 1. The van der Waals surface area contributed by atoms with Crippen LogP contribution < -0.4 is 5.73 Å². The van der Waals surface area contributed by atoms with Gasteiger partial charge in [0.05, 0.1) is 24.1 Å². The minimum Gasteiger partial charge on any atom is -0.390 e. The minimum absolute atomic E-state index is 0.0368. The number of benzene rings is 3. The smallest absolute Gasteiger partial charge is 0.261 e. The van der Waals surface area contributed by atoms with Crippen LogP contribution in [-0.4, -0.2) is 39.2 Å². The number of ether oxygens (including phenoxy) is 1. The van der Waals surface area contributed by atoms with Crippen LogP contribution in [0.4, 0.5) is 8.78 Å². The molecule has 5 rings (SSSR count). The Morgan fingerprint density at radius 1 is 1.02 bits per heavy atom. The molecule has 4 aromatic rings. The highest BCUT2D eigenvalue weighted by Crippen LogP contribution is 2.36. The van der Waals surface area contributed by atoms with Crippen LogP contribution in [-0.2, 0) is 41.1 Å². The van der Waals surface area contributed by atoms with Crippen molar-refractivity contribution in [1.82, 2.24) is 9.47 Å². The number of hydrogen-bond acceptors (Lipinski definition) is 4. The van der Waals surface area contributed by atoms with Crippen LogP contribution in [0.15, 0.2) is 85.1 Å². The lowest BCUT2D eigenvalue weighted by atomic mass is 9.97. The highest BCUT2D eigenvalue weighted by atomic mass is 19.1. The fraction of sp³-hybridized carbons (Fsp3) is 0.303. The summed E-state index contributed by atoms with van der Waals surface area (Å²) in [6, 6.07) is 21.9. The van der Waals surface area contributed by atoms with Crippen molar-refractivity contribution in [3.8, 4) is 5.69 Å². The topological polar surface area (TPSA) is 80.7 Å². The summed E-state index contributed by atoms with van der Waals surface area (Å²) in [5, 5.41) is 11.2. The van der Waals surface area contributed by atoms with Crippen molar-refractivity contribution in [2.45, 2.75) is 57.6 Å². The number of aliphatic hydroxyl groups is 1. The Bertz CT molecular complexity index is 1520. The van der Waals surface area contributed by atoms with Crippen LogP contribution >= 0.6 is 0 Å². The molecule has 0 aliphatic carbocycles. The standard InChI is InChI=1S/C33H35F2N3O3/c1-3-22-8-6-9-23(14-22)19-37(20-30(39)28(36)17-24-15-26(34)18-27(35)16-24)32(40)33(2)31-12-7-13-38(31)29-11-5-4-10-25(29)21-41-33/h4-16,18,28,30,39H,3,17,19-21,36H2,1-2H3/t28-,30+,33?/m0/s1. The molecule has 1 amide bonds. The van der Waals surface area contributed by atoms with Crippen LogP contribution in [0.1, 0.15) is 41.8 Å². The number of halogens is 2. The van der Waals surface area contributed by atoms with E-state index in [0.29, 0.717) is 11.3 Å². The molecule has 3 aromatic carbocycles. The largest absolute Gasteiger partial charge is 0.390 e. The molecule has 0 spiro atoms. The second kappa shape index (κ2) is 11.9. The van der Waals surface area contributed by atoms with E-state index >= 15 is 0 Å². The maximum atomic E-state index is 14.5. The summed E-state index contributed by atoms with van der Waals surface area (Å²) in [7, 11) is 0. The fourth-order valence-corrected chi connectivity index (χ4v) is 5.50. The number of rotatable bonds is 9. The van der Waals surface area contributed by atoms with Gasteiger partial charge in [0.2, 0.25) is 0 Å². The van der Waals surface area contributed by atoms with Crippen LogP contribution in [0.2, 0.25) is 0 Å². The lowest BCUT2D eigenvalue weighted by molar-refractivity contribution is -0.162. The number of nitrogens with zero attached hydrogens (tertiary/aromatic N) is 2. The molecular weight excluding hydrogens is 524 g/mol. The average molecular weight is 560 g/mol. The maximum absolute atomic E-state index is 14.5. The summed E-state index contributed by atoms with van der Waals surface area (Å²) in [5.74, 6) is -1.75. The number of para-hydroxylation sites is 1. The number of aryl methyl sites for hydroxylation is 1. The maximum Gasteiger partial charge on any atom is 0.261 e. The second-order valence-electron chi connectivity index (χ2n) is 10.8. The Kier molecular flexibility index (Phi) is 8.35. The molecule has 0 bridgehead atoms. The van der Waals surface area contributed by atoms with E-state index in [2.05, 4.69) is 6.92 Å². The molecule has 0 radical (unpaired) electrons. The predicted molar refractivity (Wildman–Crippen MR) is 153 cm³/mol.